The van der Waals surface area contributed by atoms with E-state index in [2.05, 4.69) is 20.8 Å². The second kappa shape index (κ2) is 2.71. The number of hydrogen-bond acceptors (Lipinski definition) is 2. The maximum atomic E-state index is 5.68. The van der Waals surface area contributed by atoms with Crippen molar-refractivity contribution in [2.24, 2.45) is 5.92 Å². The molecule has 0 spiro atoms. The van der Waals surface area contributed by atoms with Crippen LogP contribution in [0.4, 0.5) is 0 Å². The van der Waals surface area contributed by atoms with Crippen molar-refractivity contribution in [3.8, 4) is 0 Å². The number of rotatable bonds is 1. The van der Waals surface area contributed by atoms with Gasteiger partial charge in [-0.15, -0.1) is 0 Å². The van der Waals surface area contributed by atoms with Crippen LogP contribution in [0.2, 0.25) is 0 Å². The van der Waals surface area contributed by atoms with Gasteiger partial charge in [0.25, 0.3) is 0 Å². The summed E-state index contributed by atoms with van der Waals surface area (Å²) in [6.07, 6.45) is 3.11. The minimum atomic E-state index is 0.0850. The van der Waals surface area contributed by atoms with Gasteiger partial charge in [0.15, 0.2) is 0 Å². The molecule has 0 unspecified atom stereocenters. The first-order chi connectivity index (χ1) is 5.59. The predicted molar refractivity (Wildman–Crippen MR) is 47.1 cm³/mol. The molecule has 0 bridgehead atoms. The summed E-state index contributed by atoms with van der Waals surface area (Å²) in [5.41, 5.74) is 0.0850. The third-order valence-corrected chi connectivity index (χ3v) is 2.97. The molecule has 2 nitrogen and oxygen atoms in total. The molecule has 0 N–H and O–H groups in total. The third-order valence-electron chi connectivity index (χ3n) is 2.97. The van der Waals surface area contributed by atoms with Crippen molar-refractivity contribution >= 4 is 0 Å². The SMILES string of the molecule is C[C@@H]1CCO[C@@H]([C@@H]2OC2(C)C)C1. The molecule has 2 rings (SSSR count). The van der Waals surface area contributed by atoms with Crippen LogP contribution in [-0.4, -0.2) is 24.4 Å². The van der Waals surface area contributed by atoms with E-state index in [1.54, 1.807) is 0 Å². The highest BCUT2D eigenvalue weighted by molar-refractivity contribution is 5.00. The van der Waals surface area contributed by atoms with Gasteiger partial charge in [-0.3, -0.25) is 0 Å². The Morgan fingerprint density at radius 2 is 2.00 bits per heavy atom. The summed E-state index contributed by atoms with van der Waals surface area (Å²) < 4.78 is 11.3. The van der Waals surface area contributed by atoms with E-state index >= 15 is 0 Å². The fourth-order valence-electron chi connectivity index (χ4n) is 2.03. The molecule has 0 aliphatic carbocycles. The molecule has 0 aromatic rings. The number of hydrogen-bond donors (Lipinski definition) is 0. The zero-order chi connectivity index (χ0) is 8.77. The first-order valence-corrected chi connectivity index (χ1v) is 4.89. The normalized spacial score (nSPS) is 45.8. The van der Waals surface area contributed by atoms with Crippen LogP contribution in [0.5, 0.6) is 0 Å². The zero-order valence-corrected chi connectivity index (χ0v) is 8.17. The lowest BCUT2D eigenvalue weighted by Crippen LogP contribution is -2.31. The van der Waals surface area contributed by atoms with Gasteiger partial charge >= 0.3 is 0 Å². The third kappa shape index (κ3) is 1.50. The second-order valence-electron chi connectivity index (χ2n) is 4.68. The Labute approximate surface area is 74.2 Å². The summed E-state index contributed by atoms with van der Waals surface area (Å²) >= 11 is 0. The average Bonchev–Trinajstić information content (AvgIpc) is 2.60. The van der Waals surface area contributed by atoms with E-state index in [1.807, 2.05) is 0 Å². The molecule has 2 aliphatic heterocycles. The summed E-state index contributed by atoms with van der Waals surface area (Å²) in [7, 11) is 0. The average molecular weight is 170 g/mol. The quantitative estimate of drug-likeness (QED) is 0.561. The highest BCUT2D eigenvalue weighted by atomic mass is 16.6. The van der Waals surface area contributed by atoms with E-state index in [9.17, 15) is 0 Å². The smallest absolute Gasteiger partial charge is 0.113 e. The molecule has 0 radical (unpaired) electrons. The van der Waals surface area contributed by atoms with Crippen molar-refractivity contribution in [3.63, 3.8) is 0 Å². The molecule has 3 atom stereocenters. The molecular formula is C10H18O2. The van der Waals surface area contributed by atoms with Crippen LogP contribution in [-0.2, 0) is 9.47 Å². The Morgan fingerprint density at radius 3 is 2.50 bits per heavy atom. The van der Waals surface area contributed by atoms with Crippen LogP contribution in [0.25, 0.3) is 0 Å². The van der Waals surface area contributed by atoms with Crippen molar-refractivity contribution in [1.29, 1.82) is 0 Å². The van der Waals surface area contributed by atoms with Gasteiger partial charge in [0.05, 0.1) is 11.7 Å². The van der Waals surface area contributed by atoms with Crippen LogP contribution >= 0.6 is 0 Å². The van der Waals surface area contributed by atoms with Crippen molar-refractivity contribution in [1.82, 2.24) is 0 Å². The van der Waals surface area contributed by atoms with Gasteiger partial charge in [0.2, 0.25) is 0 Å². The van der Waals surface area contributed by atoms with E-state index in [1.165, 1.54) is 12.8 Å². The van der Waals surface area contributed by atoms with Gasteiger partial charge in [0, 0.05) is 6.61 Å². The van der Waals surface area contributed by atoms with E-state index in [0.717, 1.165) is 12.5 Å². The van der Waals surface area contributed by atoms with Crippen molar-refractivity contribution in [2.45, 2.75) is 51.4 Å². The molecule has 0 aromatic heterocycles. The summed E-state index contributed by atoms with van der Waals surface area (Å²) in [5, 5.41) is 0. The molecule has 2 heteroatoms. The fourth-order valence-corrected chi connectivity index (χ4v) is 2.03. The highest BCUT2D eigenvalue weighted by Crippen LogP contribution is 2.42. The monoisotopic (exact) mass is 170 g/mol. The van der Waals surface area contributed by atoms with Crippen LogP contribution in [0.15, 0.2) is 0 Å². The lowest BCUT2D eigenvalue weighted by Gasteiger charge is -2.26. The summed E-state index contributed by atoms with van der Waals surface area (Å²) in [6, 6.07) is 0. The predicted octanol–water partition coefficient (Wildman–Crippen LogP) is 1.98. The van der Waals surface area contributed by atoms with Gasteiger partial charge in [-0.25, -0.2) is 0 Å². The van der Waals surface area contributed by atoms with E-state index in [4.69, 9.17) is 9.47 Å². The molecule has 0 saturated carbocycles. The first-order valence-electron chi connectivity index (χ1n) is 4.89. The van der Waals surface area contributed by atoms with Gasteiger partial charge in [-0.05, 0) is 32.6 Å². The van der Waals surface area contributed by atoms with Crippen LogP contribution in [0, 0.1) is 5.92 Å². The molecule has 0 amide bonds. The van der Waals surface area contributed by atoms with Gasteiger partial charge in [-0.2, -0.15) is 0 Å². The number of epoxide rings is 1. The Balaban J connectivity index is 1.89. The summed E-state index contributed by atoms with van der Waals surface area (Å²) in [4.78, 5) is 0. The standard InChI is InChI=1S/C10H18O2/c1-7-4-5-11-8(6-7)9-10(2,3)12-9/h7-9H,4-6H2,1-3H3/t7-,8-,9+/m1/s1. The maximum absolute atomic E-state index is 5.68. The maximum Gasteiger partial charge on any atom is 0.113 e. The lowest BCUT2D eigenvalue weighted by atomic mass is 9.93. The summed E-state index contributed by atoms with van der Waals surface area (Å²) in [6.45, 7) is 7.49. The summed E-state index contributed by atoms with van der Waals surface area (Å²) in [5.74, 6) is 0.809. The molecule has 70 valence electrons. The minimum Gasteiger partial charge on any atom is -0.375 e. The molecule has 2 heterocycles. The van der Waals surface area contributed by atoms with Crippen LogP contribution < -0.4 is 0 Å². The van der Waals surface area contributed by atoms with Gasteiger partial charge in [0.1, 0.15) is 6.10 Å². The Kier molecular flexibility index (Phi) is 1.92. The Morgan fingerprint density at radius 1 is 1.33 bits per heavy atom. The minimum absolute atomic E-state index is 0.0850. The highest BCUT2D eigenvalue weighted by Gasteiger charge is 2.53. The molecule has 12 heavy (non-hydrogen) atoms. The van der Waals surface area contributed by atoms with Gasteiger partial charge < -0.3 is 9.47 Å². The topological polar surface area (TPSA) is 21.8 Å². The Bertz CT molecular complexity index is 177. The van der Waals surface area contributed by atoms with Crippen molar-refractivity contribution in [2.75, 3.05) is 6.61 Å². The molecule has 0 aromatic carbocycles. The van der Waals surface area contributed by atoms with Gasteiger partial charge in [-0.1, -0.05) is 6.92 Å². The Hall–Kier alpha value is -0.0800. The van der Waals surface area contributed by atoms with E-state index in [0.29, 0.717) is 12.2 Å². The van der Waals surface area contributed by atoms with E-state index in [-0.39, 0.29) is 5.60 Å². The lowest BCUT2D eigenvalue weighted by molar-refractivity contribution is -0.0199. The van der Waals surface area contributed by atoms with Crippen LogP contribution in [0.3, 0.4) is 0 Å². The first kappa shape index (κ1) is 8.52. The molecule has 2 aliphatic rings. The molecule has 2 fully saturated rings. The van der Waals surface area contributed by atoms with E-state index < -0.39 is 0 Å². The fraction of sp³-hybridized carbons (Fsp3) is 1.00. The largest absolute Gasteiger partial charge is 0.375 e. The van der Waals surface area contributed by atoms with Crippen molar-refractivity contribution in [3.05, 3.63) is 0 Å². The second-order valence-corrected chi connectivity index (χ2v) is 4.68. The molecule has 2 saturated heterocycles. The number of ether oxygens (including phenoxy) is 2. The zero-order valence-electron chi connectivity index (χ0n) is 8.17. The van der Waals surface area contributed by atoms with Crippen molar-refractivity contribution < 1.29 is 9.47 Å². The van der Waals surface area contributed by atoms with Crippen LogP contribution in [0.1, 0.15) is 33.6 Å². The molecular weight excluding hydrogens is 152 g/mol.